The van der Waals surface area contributed by atoms with Crippen LogP contribution in [0.3, 0.4) is 0 Å². The molecule has 0 spiro atoms. The van der Waals surface area contributed by atoms with Crippen molar-refractivity contribution in [1.82, 2.24) is 0 Å². The molecule has 1 rings (SSSR count). The number of unbranched alkanes of at least 4 members (excludes halogenated alkanes) is 8. The van der Waals surface area contributed by atoms with Crippen molar-refractivity contribution in [3.05, 3.63) is 12.2 Å². The third-order valence-corrected chi connectivity index (χ3v) is 3.77. The number of ether oxygens (including phenoxy) is 1. The van der Waals surface area contributed by atoms with Crippen molar-refractivity contribution in [2.45, 2.75) is 84.7 Å². The molecule has 0 N–H and O–H groups in total. The molecule has 2 heteroatoms. The lowest BCUT2D eigenvalue weighted by molar-refractivity contribution is 0.259. The molecule has 0 bridgehead atoms. The zero-order valence-electron chi connectivity index (χ0n) is 13.7. The molecule has 1 aliphatic rings. The number of nitrogens with zero attached hydrogens (tertiary/aromatic N) is 1. The standard InChI is InChI=1S/C18H33NO/c1-4-5-6-7-8-9-10-11-12-13-14-17-15-19-18(20-17)16(2)3/h13-14,16-17H,4-12,15H2,1-3H3/b14-13+. The fourth-order valence-electron chi connectivity index (χ4n) is 2.47. The number of rotatable bonds is 11. The number of allylic oxidation sites excluding steroid dienone is 1. The van der Waals surface area contributed by atoms with Crippen LogP contribution in [0.4, 0.5) is 0 Å². The summed E-state index contributed by atoms with van der Waals surface area (Å²) in [6.45, 7) is 7.34. The first kappa shape index (κ1) is 17.3. The molecule has 0 aromatic carbocycles. The Bertz CT molecular complexity index is 294. The Labute approximate surface area is 125 Å². The molecule has 1 heterocycles. The Morgan fingerprint density at radius 3 is 2.35 bits per heavy atom. The first-order chi connectivity index (χ1) is 9.74. The summed E-state index contributed by atoms with van der Waals surface area (Å²) in [5.41, 5.74) is 0. The largest absolute Gasteiger partial charge is 0.471 e. The second kappa shape index (κ2) is 10.9. The van der Waals surface area contributed by atoms with Crippen LogP contribution in [0, 0.1) is 5.92 Å². The second-order valence-electron chi connectivity index (χ2n) is 6.18. The maximum atomic E-state index is 5.77. The van der Waals surface area contributed by atoms with Gasteiger partial charge in [-0.25, -0.2) is 0 Å². The molecule has 0 radical (unpaired) electrons. The molecule has 1 atom stereocenters. The topological polar surface area (TPSA) is 21.6 Å². The van der Waals surface area contributed by atoms with Crippen LogP contribution in [0.2, 0.25) is 0 Å². The Balaban J connectivity index is 1.91. The fourth-order valence-corrected chi connectivity index (χ4v) is 2.47. The summed E-state index contributed by atoms with van der Waals surface area (Å²) in [6.07, 6.45) is 17.0. The van der Waals surface area contributed by atoms with Gasteiger partial charge >= 0.3 is 0 Å². The minimum Gasteiger partial charge on any atom is -0.471 e. The third-order valence-electron chi connectivity index (χ3n) is 3.77. The summed E-state index contributed by atoms with van der Waals surface area (Å²) in [6, 6.07) is 0. The average Bonchev–Trinajstić information content (AvgIpc) is 2.90. The normalized spacial score (nSPS) is 18.8. The molecular weight excluding hydrogens is 246 g/mol. The molecule has 1 unspecified atom stereocenters. The van der Waals surface area contributed by atoms with Crippen molar-refractivity contribution >= 4 is 5.90 Å². The summed E-state index contributed by atoms with van der Waals surface area (Å²) in [5, 5.41) is 0. The van der Waals surface area contributed by atoms with Crippen LogP contribution in [0.1, 0.15) is 78.6 Å². The molecule has 116 valence electrons. The van der Waals surface area contributed by atoms with E-state index in [9.17, 15) is 0 Å². The lowest BCUT2D eigenvalue weighted by Gasteiger charge is -2.08. The van der Waals surface area contributed by atoms with Crippen molar-refractivity contribution in [3.8, 4) is 0 Å². The molecule has 1 aliphatic heterocycles. The van der Waals surface area contributed by atoms with Crippen LogP contribution < -0.4 is 0 Å². The van der Waals surface area contributed by atoms with Crippen molar-refractivity contribution in [2.24, 2.45) is 10.9 Å². The monoisotopic (exact) mass is 279 g/mol. The summed E-state index contributed by atoms with van der Waals surface area (Å²) < 4.78 is 5.77. The van der Waals surface area contributed by atoms with E-state index >= 15 is 0 Å². The second-order valence-corrected chi connectivity index (χ2v) is 6.18. The summed E-state index contributed by atoms with van der Waals surface area (Å²) in [7, 11) is 0. The first-order valence-corrected chi connectivity index (χ1v) is 8.61. The zero-order chi connectivity index (χ0) is 14.6. The van der Waals surface area contributed by atoms with Gasteiger partial charge in [0.15, 0.2) is 5.90 Å². The lowest BCUT2D eigenvalue weighted by atomic mass is 10.1. The number of hydrogen-bond donors (Lipinski definition) is 0. The number of hydrogen-bond acceptors (Lipinski definition) is 2. The van der Waals surface area contributed by atoms with Gasteiger partial charge in [-0.3, -0.25) is 4.99 Å². The van der Waals surface area contributed by atoms with E-state index in [-0.39, 0.29) is 6.10 Å². The molecule has 0 aliphatic carbocycles. The van der Waals surface area contributed by atoms with Gasteiger partial charge in [-0.05, 0) is 18.9 Å². The van der Waals surface area contributed by atoms with E-state index in [0.29, 0.717) is 5.92 Å². The Morgan fingerprint density at radius 2 is 1.75 bits per heavy atom. The van der Waals surface area contributed by atoms with E-state index in [0.717, 1.165) is 12.4 Å². The van der Waals surface area contributed by atoms with E-state index in [1.165, 1.54) is 57.8 Å². The van der Waals surface area contributed by atoms with Crippen molar-refractivity contribution < 1.29 is 4.74 Å². The highest BCUT2D eigenvalue weighted by Gasteiger charge is 2.18. The molecule has 0 saturated heterocycles. The highest BCUT2D eigenvalue weighted by molar-refractivity contribution is 5.79. The first-order valence-electron chi connectivity index (χ1n) is 8.61. The van der Waals surface area contributed by atoms with Crippen molar-refractivity contribution in [3.63, 3.8) is 0 Å². The van der Waals surface area contributed by atoms with Gasteiger partial charge < -0.3 is 4.74 Å². The predicted molar refractivity (Wildman–Crippen MR) is 88.4 cm³/mol. The van der Waals surface area contributed by atoms with E-state index in [4.69, 9.17) is 4.74 Å². The average molecular weight is 279 g/mol. The highest BCUT2D eigenvalue weighted by Crippen LogP contribution is 2.13. The Hall–Kier alpha value is -0.790. The smallest absolute Gasteiger partial charge is 0.186 e. The summed E-state index contributed by atoms with van der Waals surface area (Å²) in [5.74, 6) is 1.34. The summed E-state index contributed by atoms with van der Waals surface area (Å²) in [4.78, 5) is 4.42. The van der Waals surface area contributed by atoms with Crippen LogP contribution in [-0.4, -0.2) is 18.5 Å². The van der Waals surface area contributed by atoms with Gasteiger partial charge in [0.1, 0.15) is 6.10 Å². The highest BCUT2D eigenvalue weighted by atomic mass is 16.5. The van der Waals surface area contributed by atoms with Gasteiger partial charge in [0.2, 0.25) is 0 Å². The van der Waals surface area contributed by atoms with E-state index < -0.39 is 0 Å². The molecule has 0 aromatic rings. The zero-order valence-corrected chi connectivity index (χ0v) is 13.7. The van der Waals surface area contributed by atoms with Gasteiger partial charge in [0, 0.05) is 5.92 Å². The quantitative estimate of drug-likeness (QED) is 0.360. The molecule has 0 amide bonds. The lowest BCUT2D eigenvalue weighted by Crippen LogP contribution is -2.13. The maximum absolute atomic E-state index is 5.77. The summed E-state index contributed by atoms with van der Waals surface area (Å²) >= 11 is 0. The Morgan fingerprint density at radius 1 is 1.10 bits per heavy atom. The van der Waals surface area contributed by atoms with Gasteiger partial charge in [-0.2, -0.15) is 0 Å². The minimum absolute atomic E-state index is 0.196. The van der Waals surface area contributed by atoms with Gasteiger partial charge in [0.05, 0.1) is 6.54 Å². The van der Waals surface area contributed by atoms with Gasteiger partial charge in [0.25, 0.3) is 0 Å². The fraction of sp³-hybridized carbons (Fsp3) is 0.833. The predicted octanol–water partition coefficient (Wildman–Crippen LogP) is 5.53. The van der Waals surface area contributed by atoms with E-state index in [1.54, 1.807) is 0 Å². The molecule has 20 heavy (non-hydrogen) atoms. The molecular formula is C18H33NO. The SMILES string of the molecule is CCCCCCCCCC/C=C/C1CN=C(C(C)C)O1. The molecule has 2 nitrogen and oxygen atoms in total. The minimum atomic E-state index is 0.196. The van der Waals surface area contributed by atoms with Crippen molar-refractivity contribution in [1.29, 1.82) is 0 Å². The van der Waals surface area contributed by atoms with Crippen LogP contribution in [0.25, 0.3) is 0 Å². The van der Waals surface area contributed by atoms with Crippen molar-refractivity contribution in [2.75, 3.05) is 6.54 Å². The number of aliphatic imine (C=N–C) groups is 1. The third kappa shape index (κ3) is 7.72. The van der Waals surface area contributed by atoms with Crippen LogP contribution in [-0.2, 0) is 4.74 Å². The molecule has 0 fully saturated rings. The van der Waals surface area contributed by atoms with E-state index in [2.05, 4.69) is 37.9 Å². The molecule has 0 aromatic heterocycles. The maximum Gasteiger partial charge on any atom is 0.186 e. The molecule has 0 saturated carbocycles. The van der Waals surface area contributed by atoms with Crippen LogP contribution in [0.5, 0.6) is 0 Å². The van der Waals surface area contributed by atoms with Gasteiger partial charge in [-0.1, -0.05) is 71.8 Å². The van der Waals surface area contributed by atoms with Crippen LogP contribution in [0.15, 0.2) is 17.1 Å². The van der Waals surface area contributed by atoms with E-state index in [1.807, 2.05) is 0 Å². The van der Waals surface area contributed by atoms with Gasteiger partial charge in [-0.15, -0.1) is 0 Å². The van der Waals surface area contributed by atoms with Crippen LogP contribution >= 0.6 is 0 Å². The Kier molecular flexibility index (Phi) is 9.44.